The van der Waals surface area contributed by atoms with Crippen molar-refractivity contribution in [2.45, 2.75) is 31.1 Å². The number of nitrogens with zero attached hydrogens (tertiary/aromatic N) is 3. The summed E-state index contributed by atoms with van der Waals surface area (Å²) in [5.74, 6) is -0.446. The number of benzene rings is 1. The number of carbonyl (C=O) groups is 2. The Kier molecular flexibility index (Phi) is 5.15. The predicted octanol–water partition coefficient (Wildman–Crippen LogP) is 4.17. The fourth-order valence-electron chi connectivity index (χ4n) is 3.64. The summed E-state index contributed by atoms with van der Waals surface area (Å²) >= 11 is 0. The minimum Gasteiger partial charge on any atom is -0.323 e. The Hall–Kier alpha value is -3.79. The largest absolute Gasteiger partial charge is 0.323 e. The third-order valence-electron chi connectivity index (χ3n) is 5.47. The molecule has 0 aliphatic heterocycles. The summed E-state index contributed by atoms with van der Waals surface area (Å²) in [6.07, 6.45) is 6.63. The lowest BCUT2D eigenvalue weighted by Gasteiger charge is -2.29. The van der Waals surface area contributed by atoms with Gasteiger partial charge in [-0.2, -0.15) is 5.26 Å². The molecule has 4 rings (SSSR count). The summed E-state index contributed by atoms with van der Waals surface area (Å²) in [6, 6.07) is 13.4. The van der Waals surface area contributed by atoms with Gasteiger partial charge in [-0.25, -0.2) is 4.39 Å². The number of aromatic nitrogens is 2. The number of Topliss-reactive ketones (excluding diaryl/α,β-unsaturated/α-hetero) is 1. The van der Waals surface area contributed by atoms with Gasteiger partial charge < -0.3 is 9.88 Å². The van der Waals surface area contributed by atoms with Gasteiger partial charge in [0.2, 0.25) is 0 Å². The molecular formula is C23H19FN4O2. The van der Waals surface area contributed by atoms with E-state index in [1.165, 1.54) is 18.3 Å². The van der Waals surface area contributed by atoms with Gasteiger partial charge in [0, 0.05) is 30.9 Å². The number of carbonyl (C=O) groups excluding carboxylic acids is 2. The number of anilines is 1. The number of hydrogen-bond donors (Lipinski definition) is 1. The van der Waals surface area contributed by atoms with E-state index in [9.17, 15) is 19.2 Å². The van der Waals surface area contributed by atoms with Crippen LogP contribution in [-0.2, 0) is 10.2 Å². The molecule has 0 spiro atoms. The van der Waals surface area contributed by atoms with Gasteiger partial charge in [0.1, 0.15) is 17.0 Å². The van der Waals surface area contributed by atoms with Crippen molar-refractivity contribution in [3.63, 3.8) is 0 Å². The molecule has 1 saturated carbocycles. The molecule has 1 amide bonds. The monoisotopic (exact) mass is 402 g/mol. The zero-order valence-electron chi connectivity index (χ0n) is 16.1. The second-order valence-corrected chi connectivity index (χ2v) is 7.40. The van der Waals surface area contributed by atoms with Crippen molar-refractivity contribution in [1.82, 2.24) is 9.55 Å². The Morgan fingerprint density at radius 1 is 1.13 bits per heavy atom. The van der Waals surface area contributed by atoms with Gasteiger partial charge in [-0.3, -0.25) is 14.6 Å². The molecule has 150 valence electrons. The number of hydrogen-bond acceptors (Lipinski definition) is 4. The van der Waals surface area contributed by atoms with Crippen LogP contribution in [0.15, 0.2) is 61.1 Å². The molecule has 2 heterocycles. The number of nitrogens with one attached hydrogen (secondary N) is 1. The van der Waals surface area contributed by atoms with Gasteiger partial charge in [0.15, 0.2) is 0 Å². The molecule has 1 aromatic carbocycles. The van der Waals surface area contributed by atoms with Crippen LogP contribution in [0.3, 0.4) is 0 Å². The van der Waals surface area contributed by atoms with Gasteiger partial charge >= 0.3 is 0 Å². The standard InChI is InChI=1S/C23H19FN4O2/c24-17-1-4-19(5-2-17)28-12-9-16(14-28)22(30)27-18-3-6-21(26-13-18)23(15-25)10-7-20(29)8-11-23/h1-6,9,12-14H,7-8,10-11H2,(H,27,30). The van der Waals surface area contributed by atoms with Crippen LogP contribution in [0.2, 0.25) is 0 Å². The molecule has 1 aliphatic rings. The number of amides is 1. The minimum absolute atomic E-state index is 0.178. The van der Waals surface area contributed by atoms with Gasteiger partial charge in [0.05, 0.1) is 29.2 Å². The quantitative estimate of drug-likeness (QED) is 0.710. The van der Waals surface area contributed by atoms with Crippen LogP contribution < -0.4 is 5.32 Å². The maximum atomic E-state index is 13.1. The molecule has 1 N–H and O–H groups in total. The summed E-state index contributed by atoms with van der Waals surface area (Å²) in [5, 5.41) is 12.5. The van der Waals surface area contributed by atoms with Crippen molar-refractivity contribution in [2.24, 2.45) is 0 Å². The van der Waals surface area contributed by atoms with Crippen LogP contribution in [0.1, 0.15) is 41.7 Å². The van der Waals surface area contributed by atoms with E-state index < -0.39 is 5.41 Å². The lowest BCUT2D eigenvalue weighted by Crippen LogP contribution is -2.31. The molecule has 0 atom stereocenters. The first-order valence-electron chi connectivity index (χ1n) is 9.64. The third-order valence-corrected chi connectivity index (χ3v) is 5.47. The summed E-state index contributed by atoms with van der Waals surface area (Å²) in [7, 11) is 0. The summed E-state index contributed by atoms with van der Waals surface area (Å²) in [4.78, 5) is 28.5. The smallest absolute Gasteiger partial charge is 0.257 e. The fraction of sp³-hybridized carbons (Fsp3) is 0.217. The Morgan fingerprint density at radius 3 is 2.50 bits per heavy atom. The van der Waals surface area contributed by atoms with Gasteiger partial charge in [-0.05, 0) is 55.3 Å². The molecule has 1 fully saturated rings. The summed E-state index contributed by atoms with van der Waals surface area (Å²) in [5.41, 5.74) is 1.58. The molecule has 2 aromatic heterocycles. The fourth-order valence-corrected chi connectivity index (χ4v) is 3.64. The molecule has 30 heavy (non-hydrogen) atoms. The maximum Gasteiger partial charge on any atom is 0.257 e. The number of pyridine rings is 1. The van der Waals surface area contributed by atoms with E-state index in [1.54, 1.807) is 47.3 Å². The Labute approximate surface area is 173 Å². The van der Waals surface area contributed by atoms with Gasteiger partial charge in [0.25, 0.3) is 5.91 Å². The SMILES string of the molecule is N#CC1(c2ccc(NC(=O)c3ccn(-c4ccc(F)cc4)c3)cn2)CCC(=O)CC1. The van der Waals surface area contributed by atoms with Crippen LogP contribution in [0.4, 0.5) is 10.1 Å². The molecule has 0 radical (unpaired) electrons. The minimum atomic E-state index is -0.747. The first kappa shape index (κ1) is 19.5. The average Bonchev–Trinajstić information content (AvgIpc) is 3.26. The predicted molar refractivity (Wildman–Crippen MR) is 109 cm³/mol. The molecule has 0 bridgehead atoms. The average molecular weight is 402 g/mol. The lowest BCUT2D eigenvalue weighted by molar-refractivity contribution is -0.121. The number of ketones is 1. The van der Waals surface area contributed by atoms with E-state index in [0.29, 0.717) is 42.6 Å². The number of rotatable bonds is 4. The van der Waals surface area contributed by atoms with Crippen LogP contribution in [-0.4, -0.2) is 21.2 Å². The third kappa shape index (κ3) is 3.85. The highest BCUT2D eigenvalue weighted by molar-refractivity contribution is 6.04. The Balaban J connectivity index is 1.46. The number of halogens is 1. The van der Waals surface area contributed by atoms with Crippen LogP contribution in [0.25, 0.3) is 5.69 Å². The number of nitriles is 1. The van der Waals surface area contributed by atoms with Crippen LogP contribution in [0, 0.1) is 17.1 Å². The van der Waals surface area contributed by atoms with Gasteiger partial charge in [-0.1, -0.05) is 0 Å². The van der Waals surface area contributed by atoms with Crippen molar-refractivity contribution < 1.29 is 14.0 Å². The van der Waals surface area contributed by atoms with Gasteiger partial charge in [-0.15, -0.1) is 0 Å². The lowest BCUT2D eigenvalue weighted by atomic mass is 9.72. The first-order chi connectivity index (χ1) is 14.5. The van der Waals surface area contributed by atoms with E-state index in [1.807, 2.05) is 0 Å². The van der Waals surface area contributed by atoms with E-state index in [-0.39, 0.29) is 17.5 Å². The Bertz CT molecular complexity index is 1120. The summed E-state index contributed by atoms with van der Waals surface area (Å²) < 4.78 is 14.8. The highest BCUT2D eigenvalue weighted by Crippen LogP contribution is 2.37. The van der Waals surface area contributed by atoms with E-state index >= 15 is 0 Å². The first-order valence-corrected chi connectivity index (χ1v) is 9.64. The molecule has 1 aliphatic carbocycles. The highest BCUT2D eigenvalue weighted by atomic mass is 19.1. The van der Waals surface area contributed by atoms with Crippen molar-refractivity contribution >= 4 is 17.4 Å². The van der Waals surface area contributed by atoms with E-state index in [0.717, 1.165) is 5.69 Å². The van der Waals surface area contributed by atoms with Crippen molar-refractivity contribution in [3.05, 3.63) is 78.1 Å². The maximum absolute atomic E-state index is 13.1. The van der Waals surface area contributed by atoms with Crippen molar-refractivity contribution in [2.75, 3.05) is 5.32 Å². The topological polar surface area (TPSA) is 87.8 Å². The zero-order chi connectivity index (χ0) is 21.1. The van der Waals surface area contributed by atoms with Crippen LogP contribution >= 0.6 is 0 Å². The molecule has 0 saturated heterocycles. The zero-order valence-corrected chi connectivity index (χ0v) is 16.1. The molecule has 0 unspecified atom stereocenters. The molecule has 6 nitrogen and oxygen atoms in total. The molecular weight excluding hydrogens is 383 g/mol. The normalized spacial score (nSPS) is 15.4. The molecule has 3 aromatic rings. The Morgan fingerprint density at radius 2 is 1.87 bits per heavy atom. The second-order valence-electron chi connectivity index (χ2n) is 7.40. The summed E-state index contributed by atoms with van der Waals surface area (Å²) in [6.45, 7) is 0. The van der Waals surface area contributed by atoms with E-state index in [2.05, 4.69) is 16.4 Å². The highest BCUT2D eigenvalue weighted by Gasteiger charge is 2.37. The van der Waals surface area contributed by atoms with E-state index in [4.69, 9.17) is 0 Å². The second kappa shape index (κ2) is 7.91. The van der Waals surface area contributed by atoms with Crippen LogP contribution in [0.5, 0.6) is 0 Å². The molecule has 7 heteroatoms. The van der Waals surface area contributed by atoms with Crippen molar-refractivity contribution in [3.8, 4) is 11.8 Å². The van der Waals surface area contributed by atoms with Crippen molar-refractivity contribution in [1.29, 1.82) is 5.26 Å².